The fourth-order valence-corrected chi connectivity index (χ4v) is 1.39. The third-order valence-electron chi connectivity index (χ3n) is 3.07. The zero-order valence-electron chi connectivity index (χ0n) is 10.5. The van der Waals surface area contributed by atoms with Crippen molar-refractivity contribution in [1.29, 1.82) is 0 Å². The van der Waals surface area contributed by atoms with Gasteiger partial charge in [-0.2, -0.15) is 0 Å². The van der Waals surface area contributed by atoms with Gasteiger partial charge in [-0.1, -0.05) is 19.9 Å². The number of aliphatic hydroxyl groups is 1. The minimum atomic E-state index is -0.0231. The fourth-order valence-electron chi connectivity index (χ4n) is 1.39. The molecule has 0 fully saturated rings. The highest BCUT2D eigenvalue weighted by Gasteiger charge is 2.19. The summed E-state index contributed by atoms with van der Waals surface area (Å²) in [6.07, 6.45) is 2.85. The predicted molar refractivity (Wildman–Crippen MR) is 66.2 cm³/mol. The largest absolute Gasteiger partial charge is 0.396 e. The van der Waals surface area contributed by atoms with E-state index >= 15 is 0 Å². The summed E-state index contributed by atoms with van der Waals surface area (Å²) in [7, 11) is 0. The summed E-state index contributed by atoms with van der Waals surface area (Å²) in [6, 6.07) is 4.10. The van der Waals surface area contributed by atoms with Crippen LogP contribution in [0.5, 0.6) is 0 Å². The quantitative estimate of drug-likeness (QED) is 0.772. The molecule has 1 aromatic rings. The molecule has 0 radical (unpaired) electrons. The molecule has 0 saturated heterocycles. The Balaban J connectivity index is 2.38. The lowest BCUT2D eigenvalue weighted by Gasteiger charge is -2.25. The lowest BCUT2D eigenvalue weighted by molar-refractivity contribution is 0.135. The van der Waals surface area contributed by atoms with Crippen molar-refractivity contribution in [2.24, 2.45) is 5.41 Å². The maximum atomic E-state index is 9.26. The monoisotopic (exact) mass is 222 g/mol. The standard InChI is InChI=1S/C13H22N2O/c1-4-13(3,10-16)9-14-8-12-6-5-11(2)7-15-12/h5-7,14,16H,4,8-10H2,1-3H3. The van der Waals surface area contributed by atoms with Crippen LogP contribution >= 0.6 is 0 Å². The topological polar surface area (TPSA) is 45.1 Å². The first-order valence-corrected chi connectivity index (χ1v) is 5.83. The second-order valence-corrected chi connectivity index (χ2v) is 4.75. The highest BCUT2D eigenvalue weighted by Crippen LogP contribution is 2.18. The van der Waals surface area contributed by atoms with Crippen molar-refractivity contribution in [2.75, 3.05) is 13.2 Å². The molecular weight excluding hydrogens is 200 g/mol. The molecule has 0 aliphatic carbocycles. The van der Waals surface area contributed by atoms with Crippen LogP contribution in [0.25, 0.3) is 0 Å². The first-order chi connectivity index (χ1) is 7.59. The molecule has 1 aromatic heterocycles. The van der Waals surface area contributed by atoms with E-state index in [1.807, 2.05) is 19.2 Å². The van der Waals surface area contributed by atoms with Crippen molar-refractivity contribution in [3.8, 4) is 0 Å². The Kier molecular flexibility index (Phi) is 4.90. The molecular formula is C13H22N2O. The molecule has 1 atom stereocenters. The van der Waals surface area contributed by atoms with Gasteiger partial charge in [-0.05, 0) is 25.0 Å². The van der Waals surface area contributed by atoms with Crippen molar-refractivity contribution in [3.63, 3.8) is 0 Å². The summed E-state index contributed by atoms with van der Waals surface area (Å²) in [5.74, 6) is 0. The highest BCUT2D eigenvalue weighted by atomic mass is 16.3. The molecule has 1 heterocycles. The van der Waals surface area contributed by atoms with E-state index in [9.17, 15) is 5.11 Å². The lowest BCUT2D eigenvalue weighted by atomic mass is 9.89. The number of pyridine rings is 1. The second-order valence-electron chi connectivity index (χ2n) is 4.75. The number of nitrogens with zero attached hydrogens (tertiary/aromatic N) is 1. The van der Waals surface area contributed by atoms with Gasteiger partial charge < -0.3 is 10.4 Å². The number of aliphatic hydroxyl groups excluding tert-OH is 1. The minimum Gasteiger partial charge on any atom is -0.396 e. The van der Waals surface area contributed by atoms with E-state index in [4.69, 9.17) is 0 Å². The SMILES string of the molecule is CCC(C)(CO)CNCc1ccc(C)cn1. The molecule has 0 aliphatic heterocycles. The van der Waals surface area contributed by atoms with Crippen LogP contribution in [0.2, 0.25) is 0 Å². The van der Waals surface area contributed by atoms with E-state index in [1.54, 1.807) is 0 Å². The van der Waals surface area contributed by atoms with Crippen LogP contribution in [-0.4, -0.2) is 23.2 Å². The van der Waals surface area contributed by atoms with Gasteiger partial charge in [-0.25, -0.2) is 0 Å². The first-order valence-electron chi connectivity index (χ1n) is 5.83. The average molecular weight is 222 g/mol. The maximum absolute atomic E-state index is 9.26. The molecule has 0 amide bonds. The van der Waals surface area contributed by atoms with Crippen LogP contribution in [0.4, 0.5) is 0 Å². The van der Waals surface area contributed by atoms with Gasteiger partial charge in [0.05, 0.1) is 5.69 Å². The van der Waals surface area contributed by atoms with Crippen molar-refractivity contribution < 1.29 is 5.11 Å². The fraction of sp³-hybridized carbons (Fsp3) is 0.615. The van der Waals surface area contributed by atoms with Gasteiger partial charge >= 0.3 is 0 Å². The van der Waals surface area contributed by atoms with E-state index in [1.165, 1.54) is 5.56 Å². The van der Waals surface area contributed by atoms with Gasteiger partial charge in [0.15, 0.2) is 0 Å². The predicted octanol–water partition coefficient (Wildman–Crippen LogP) is 1.89. The van der Waals surface area contributed by atoms with Crippen LogP contribution in [0, 0.1) is 12.3 Å². The Bertz CT molecular complexity index is 304. The van der Waals surface area contributed by atoms with Crippen LogP contribution in [-0.2, 0) is 6.54 Å². The van der Waals surface area contributed by atoms with E-state index in [0.717, 1.165) is 25.2 Å². The zero-order chi connectivity index (χ0) is 12.0. The summed E-state index contributed by atoms with van der Waals surface area (Å²) in [6.45, 7) is 8.01. The van der Waals surface area contributed by atoms with Gasteiger partial charge in [0, 0.05) is 31.3 Å². The summed E-state index contributed by atoms with van der Waals surface area (Å²) in [5.41, 5.74) is 2.20. The van der Waals surface area contributed by atoms with Crippen LogP contribution in [0.1, 0.15) is 31.5 Å². The lowest BCUT2D eigenvalue weighted by Crippen LogP contribution is -2.34. The van der Waals surface area contributed by atoms with Gasteiger partial charge in [0.1, 0.15) is 0 Å². The molecule has 2 N–H and O–H groups in total. The Hall–Kier alpha value is -0.930. The average Bonchev–Trinajstić information content (AvgIpc) is 2.31. The molecule has 0 saturated carbocycles. The molecule has 90 valence electrons. The number of rotatable bonds is 6. The first kappa shape index (κ1) is 13.1. The van der Waals surface area contributed by atoms with E-state index in [2.05, 4.69) is 30.2 Å². The third-order valence-corrected chi connectivity index (χ3v) is 3.07. The summed E-state index contributed by atoms with van der Waals surface area (Å²) < 4.78 is 0. The molecule has 1 rings (SSSR count). The van der Waals surface area contributed by atoms with Crippen LogP contribution in [0.15, 0.2) is 18.3 Å². The molecule has 1 unspecified atom stereocenters. The minimum absolute atomic E-state index is 0.0231. The Morgan fingerprint density at radius 2 is 2.19 bits per heavy atom. The molecule has 3 nitrogen and oxygen atoms in total. The Morgan fingerprint density at radius 1 is 1.44 bits per heavy atom. The van der Waals surface area contributed by atoms with Crippen molar-refractivity contribution >= 4 is 0 Å². The number of hydrogen-bond donors (Lipinski definition) is 2. The number of hydrogen-bond acceptors (Lipinski definition) is 3. The van der Waals surface area contributed by atoms with Gasteiger partial charge in [-0.15, -0.1) is 0 Å². The maximum Gasteiger partial charge on any atom is 0.0541 e. The van der Waals surface area contributed by atoms with Gasteiger partial charge in [-0.3, -0.25) is 4.98 Å². The number of aromatic nitrogens is 1. The van der Waals surface area contributed by atoms with Gasteiger partial charge in [0.2, 0.25) is 0 Å². The Labute approximate surface area is 97.9 Å². The number of aryl methyl sites for hydroxylation is 1. The Morgan fingerprint density at radius 3 is 2.69 bits per heavy atom. The molecule has 0 aromatic carbocycles. The normalized spacial score (nSPS) is 14.8. The van der Waals surface area contributed by atoms with Crippen molar-refractivity contribution in [3.05, 3.63) is 29.6 Å². The summed E-state index contributed by atoms with van der Waals surface area (Å²) >= 11 is 0. The smallest absolute Gasteiger partial charge is 0.0541 e. The number of nitrogens with one attached hydrogen (secondary N) is 1. The highest BCUT2D eigenvalue weighted by molar-refractivity contribution is 5.11. The van der Waals surface area contributed by atoms with E-state index in [-0.39, 0.29) is 12.0 Å². The van der Waals surface area contributed by atoms with E-state index < -0.39 is 0 Å². The van der Waals surface area contributed by atoms with Crippen molar-refractivity contribution in [1.82, 2.24) is 10.3 Å². The molecule has 0 bridgehead atoms. The molecule has 3 heteroatoms. The van der Waals surface area contributed by atoms with E-state index in [0.29, 0.717) is 0 Å². The van der Waals surface area contributed by atoms with Crippen LogP contribution in [0.3, 0.4) is 0 Å². The zero-order valence-corrected chi connectivity index (χ0v) is 10.5. The second kappa shape index (κ2) is 5.97. The summed E-state index contributed by atoms with van der Waals surface area (Å²) in [5, 5.41) is 12.6. The van der Waals surface area contributed by atoms with Gasteiger partial charge in [0.25, 0.3) is 0 Å². The molecule has 0 spiro atoms. The molecule has 0 aliphatic rings. The summed E-state index contributed by atoms with van der Waals surface area (Å²) in [4.78, 5) is 4.32. The van der Waals surface area contributed by atoms with Crippen LogP contribution < -0.4 is 5.32 Å². The third kappa shape index (κ3) is 3.91. The van der Waals surface area contributed by atoms with Crippen molar-refractivity contribution in [2.45, 2.75) is 33.7 Å². The molecule has 16 heavy (non-hydrogen) atoms.